The molecule has 2 atom stereocenters. The van der Waals surface area contributed by atoms with E-state index in [1.54, 1.807) is 39.5 Å². The van der Waals surface area contributed by atoms with Crippen molar-refractivity contribution in [3.63, 3.8) is 0 Å². The molecule has 11 heteroatoms. The number of pyridine rings is 1. The maximum absolute atomic E-state index is 14.0. The highest BCUT2D eigenvalue weighted by molar-refractivity contribution is 14.1. The van der Waals surface area contributed by atoms with Gasteiger partial charge in [0.25, 0.3) is 0 Å². The predicted molar refractivity (Wildman–Crippen MR) is 104 cm³/mol. The summed E-state index contributed by atoms with van der Waals surface area (Å²) in [6, 6.07) is 7.29. The number of alkyl halides is 2. The summed E-state index contributed by atoms with van der Waals surface area (Å²) in [5, 5.41) is 12.4. The van der Waals surface area contributed by atoms with Crippen molar-refractivity contribution in [2.24, 2.45) is 0 Å². The number of imidazole rings is 1. The number of nitrogens with one attached hydrogen (secondary N) is 1. The molecule has 5 heterocycles. The Bertz CT molecular complexity index is 1120. The van der Waals surface area contributed by atoms with Crippen molar-refractivity contribution in [1.29, 1.82) is 0 Å². The Morgan fingerprint density at radius 2 is 2.26 bits per heavy atom. The molecule has 0 amide bonds. The highest BCUT2D eigenvalue weighted by atomic mass is 127. The van der Waals surface area contributed by atoms with Crippen LogP contribution in [-0.2, 0) is 6.42 Å². The molecule has 0 saturated carbocycles. The Kier molecular flexibility index (Phi) is 4.04. The van der Waals surface area contributed by atoms with E-state index in [2.05, 4.69) is 25.3 Å². The van der Waals surface area contributed by atoms with Crippen LogP contribution in [0, 0.1) is 0 Å². The van der Waals surface area contributed by atoms with Crippen LogP contribution in [0.25, 0.3) is 5.52 Å². The number of fused-ring (bicyclic) bond motifs is 2. The van der Waals surface area contributed by atoms with Gasteiger partial charge < -0.3 is 14.3 Å². The first kappa shape index (κ1) is 16.9. The summed E-state index contributed by atoms with van der Waals surface area (Å²) in [6.45, 7) is 0.622. The Labute approximate surface area is 170 Å². The number of halogens is 3. The minimum atomic E-state index is -1.17. The monoisotopic (exact) mass is 499 g/mol. The normalized spacial score (nSPS) is 18.0. The van der Waals surface area contributed by atoms with Gasteiger partial charge in [-0.05, 0) is 52.4 Å². The zero-order chi connectivity index (χ0) is 18.5. The minimum Gasteiger partial charge on any atom is -0.394 e. The zero-order valence-corrected chi connectivity index (χ0v) is 16.6. The molecule has 8 nitrogen and oxygen atoms in total. The number of anilines is 1. The number of nitrogens with zero attached hydrogens (tertiary/aromatic N) is 6. The first-order valence-electron chi connectivity index (χ1n) is 8.16. The third-order valence-corrected chi connectivity index (χ3v) is 5.39. The van der Waals surface area contributed by atoms with Crippen molar-refractivity contribution in [3.05, 3.63) is 58.7 Å². The molecule has 27 heavy (non-hydrogen) atoms. The van der Waals surface area contributed by atoms with Gasteiger partial charge in [0.2, 0.25) is 0 Å². The second-order valence-electron chi connectivity index (χ2n) is 6.11. The van der Waals surface area contributed by atoms with Gasteiger partial charge in [-0.15, -0.1) is 0 Å². The van der Waals surface area contributed by atoms with Crippen molar-refractivity contribution in [2.45, 2.75) is 16.6 Å². The summed E-state index contributed by atoms with van der Waals surface area (Å²) >= 11 is 7.55. The van der Waals surface area contributed by atoms with Crippen LogP contribution in [-0.4, -0.2) is 36.3 Å². The standard InChI is InChI=1S/C16H12ClFIN7O/c17-15-22-23-16(27-15)25-5-4-9-12(21-7-20-9)13(25)10-6-8-2-1-3-11(14(18)19)26(8)24-10/h1-3,6-7,13-14H,4-5H2,(H,20,21)/t13-,14?/m1/s1. The van der Waals surface area contributed by atoms with Crippen molar-refractivity contribution in [3.8, 4) is 0 Å². The lowest BCUT2D eigenvalue weighted by Gasteiger charge is -2.32. The van der Waals surface area contributed by atoms with Crippen molar-refractivity contribution in [2.75, 3.05) is 11.4 Å². The zero-order valence-electron chi connectivity index (χ0n) is 13.7. The van der Waals surface area contributed by atoms with E-state index in [0.717, 1.165) is 23.3 Å². The van der Waals surface area contributed by atoms with Crippen LogP contribution in [0.4, 0.5) is 10.4 Å². The number of hydrogen-bond acceptors (Lipinski definition) is 6. The molecule has 0 aromatic carbocycles. The molecule has 4 aromatic rings. The molecule has 4 aromatic heterocycles. The van der Waals surface area contributed by atoms with Gasteiger partial charge in [0, 0.05) is 18.7 Å². The molecule has 0 aliphatic carbocycles. The summed E-state index contributed by atoms with van der Waals surface area (Å²) < 4.78 is 19.9. The SMILES string of the molecule is FC(I)c1cccc2cc([C@@H]3c4nc[nH]c4CCN3c3nnc(Cl)o3)nn12. The molecular formula is C16H12ClFIN7O. The average molecular weight is 500 g/mol. The molecule has 0 saturated heterocycles. The van der Waals surface area contributed by atoms with Gasteiger partial charge >= 0.3 is 11.4 Å². The summed E-state index contributed by atoms with van der Waals surface area (Å²) in [6.07, 6.45) is 2.40. The highest BCUT2D eigenvalue weighted by Crippen LogP contribution is 2.37. The van der Waals surface area contributed by atoms with Crippen LogP contribution in [0.15, 0.2) is 35.0 Å². The first-order valence-corrected chi connectivity index (χ1v) is 9.78. The molecule has 0 bridgehead atoms. The fourth-order valence-electron chi connectivity index (χ4n) is 3.45. The predicted octanol–water partition coefficient (Wildman–Crippen LogP) is 3.65. The molecular weight excluding hydrogens is 488 g/mol. The summed E-state index contributed by atoms with van der Waals surface area (Å²) in [5.41, 5.74) is 3.84. The third kappa shape index (κ3) is 2.78. The average Bonchev–Trinajstić information content (AvgIpc) is 3.38. The van der Waals surface area contributed by atoms with Crippen LogP contribution in [0.1, 0.15) is 33.0 Å². The second kappa shape index (κ2) is 6.44. The lowest BCUT2D eigenvalue weighted by molar-refractivity contribution is 0.471. The van der Waals surface area contributed by atoms with E-state index in [4.69, 9.17) is 16.0 Å². The highest BCUT2D eigenvalue weighted by Gasteiger charge is 2.36. The Morgan fingerprint density at radius 3 is 3.04 bits per heavy atom. The maximum Gasteiger partial charge on any atom is 0.319 e. The molecule has 138 valence electrons. The molecule has 1 unspecified atom stereocenters. The first-order chi connectivity index (χ1) is 13.1. The fraction of sp³-hybridized carbons (Fsp3) is 0.250. The van der Waals surface area contributed by atoms with Crippen LogP contribution in [0.5, 0.6) is 0 Å². The van der Waals surface area contributed by atoms with Crippen LogP contribution in [0.2, 0.25) is 5.35 Å². The Morgan fingerprint density at radius 1 is 1.37 bits per heavy atom. The van der Waals surface area contributed by atoms with Crippen molar-refractivity contribution >= 4 is 45.7 Å². The number of aromatic amines is 1. The quantitative estimate of drug-likeness (QED) is 0.342. The molecule has 1 N–H and O–H groups in total. The molecule has 1 aliphatic rings. The number of H-pyrrole nitrogens is 1. The number of hydrogen-bond donors (Lipinski definition) is 1. The lowest BCUT2D eigenvalue weighted by Crippen LogP contribution is -2.37. The van der Waals surface area contributed by atoms with Crippen LogP contribution < -0.4 is 4.90 Å². The van der Waals surface area contributed by atoms with Crippen molar-refractivity contribution in [1.82, 2.24) is 29.8 Å². The second-order valence-corrected chi connectivity index (χ2v) is 7.52. The maximum atomic E-state index is 14.0. The Balaban J connectivity index is 1.68. The molecule has 0 spiro atoms. The van der Waals surface area contributed by atoms with Gasteiger partial charge in [-0.1, -0.05) is 16.3 Å². The van der Waals surface area contributed by atoms with Gasteiger partial charge in [-0.2, -0.15) is 5.10 Å². The largest absolute Gasteiger partial charge is 0.394 e. The van der Waals surface area contributed by atoms with Gasteiger partial charge in [0.1, 0.15) is 6.04 Å². The van der Waals surface area contributed by atoms with E-state index in [1.165, 1.54) is 0 Å². The smallest absolute Gasteiger partial charge is 0.319 e. The van der Waals surface area contributed by atoms with Gasteiger partial charge in [-0.3, -0.25) is 0 Å². The number of rotatable bonds is 3. The van der Waals surface area contributed by atoms with Gasteiger partial charge in [0.05, 0.1) is 28.9 Å². The topological polar surface area (TPSA) is 88.1 Å². The summed E-state index contributed by atoms with van der Waals surface area (Å²) in [4.78, 5) is 9.57. The lowest BCUT2D eigenvalue weighted by atomic mass is 10.0. The summed E-state index contributed by atoms with van der Waals surface area (Å²) in [7, 11) is 0. The molecule has 5 rings (SSSR count). The molecule has 0 fully saturated rings. The van der Waals surface area contributed by atoms with E-state index < -0.39 is 4.18 Å². The minimum absolute atomic E-state index is 0.0287. The van der Waals surface area contributed by atoms with Gasteiger partial charge in [-0.25, -0.2) is 13.9 Å². The van der Waals surface area contributed by atoms with Crippen molar-refractivity contribution < 1.29 is 8.81 Å². The van der Waals surface area contributed by atoms with E-state index in [1.807, 2.05) is 23.1 Å². The van der Waals surface area contributed by atoms with E-state index >= 15 is 0 Å². The van der Waals surface area contributed by atoms with E-state index in [0.29, 0.717) is 23.9 Å². The fourth-order valence-corrected chi connectivity index (χ4v) is 4.03. The van der Waals surface area contributed by atoms with Gasteiger partial charge in [0.15, 0.2) is 4.18 Å². The van der Waals surface area contributed by atoms with E-state index in [9.17, 15) is 4.39 Å². The molecule has 0 radical (unpaired) electrons. The number of aromatic nitrogens is 6. The third-order valence-electron chi connectivity index (χ3n) is 4.60. The molecule has 1 aliphatic heterocycles. The van der Waals surface area contributed by atoms with E-state index in [-0.39, 0.29) is 11.4 Å². The Hall–Kier alpha value is -2.21. The van der Waals surface area contributed by atoms with Crippen LogP contribution >= 0.6 is 34.2 Å². The summed E-state index contributed by atoms with van der Waals surface area (Å²) in [5.74, 6) is 0. The van der Waals surface area contributed by atoms with Crippen LogP contribution in [0.3, 0.4) is 0 Å².